The third-order valence-electron chi connectivity index (χ3n) is 5.35. The summed E-state index contributed by atoms with van der Waals surface area (Å²) in [6.07, 6.45) is 1.79. The number of benzene rings is 1. The highest BCUT2D eigenvalue weighted by atomic mass is 16.5. The molecule has 0 atom stereocenters. The van der Waals surface area contributed by atoms with Crippen LogP contribution in [0.15, 0.2) is 30.6 Å². The van der Waals surface area contributed by atoms with Gasteiger partial charge in [-0.25, -0.2) is 4.98 Å². The number of nitrogens with zero attached hydrogens (tertiary/aromatic N) is 8. The lowest BCUT2D eigenvalue weighted by Crippen LogP contribution is -2.45. The Bertz CT molecular complexity index is 959. The maximum absolute atomic E-state index is 5.50. The van der Waals surface area contributed by atoms with E-state index in [-0.39, 0.29) is 0 Å². The smallest absolute Gasteiger partial charge is 0.242 e. The summed E-state index contributed by atoms with van der Waals surface area (Å²) in [5, 5.41) is 0. The van der Waals surface area contributed by atoms with Gasteiger partial charge in [0.2, 0.25) is 17.8 Å². The van der Waals surface area contributed by atoms with E-state index in [1.807, 2.05) is 28.8 Å². The minimum absolute atomic E-state index is 0.610. The Kier molecular flexibility index (Phi) is 4.53. The number of morpholine rings is 1. The Hall–Kier alpha value is -2.78. The van der Waals surface area contributed by atoms with E-state index in [9.17, 15) is 0 Å². The highest BCUT2D eigenvalue weighted by molar-refractivity contribution is 5.76. The van der Waals surface area contributed by atoms with Crippen LogP contribution in [0.4, 0.5) is 11.9 Å². The van der Waals surface area contributed by atoms with E-state index in [0.29, 0.717) is 25.1 Å². The maximum Gasteiger partial charge on any atom is 0.242 e. The molecular formula is C19H24N8O. The fraction of sp³-hybridized carbons (Fsp3) is 0.474. The van der Waals surface area contributed by atoms with Gasteiger partial charge in [-0.15, -0.1) is 0 Å². The SMILES string of the molecule is CN1CCN(c2nc(N3CCOCC3)nc(-n3cnc4ccccc43)n2)CC1. The molecule has 2 aliphatic heterocycles. The van der Waals surface area contributed by atoms with Gasteiger partial charge in [0.15, 0.2) is 0 Å². The summed E-state index contributed by atoms with van der Waals surface area (Å²) in [5.74, 6) is 2.05. The molecule has 0 saturated carbocycles. The van der Waals surface area contributed by atoms with Gasteiger partial charge in [-0.05, 0) is 19.2 Å². The lowest BCUT2D eigenvalue weighted by molar-refractivity contribution is 0.122. The van der Waals surface area contributed by atoms with Crippen LogP contribution < -0.4 is 9.80 Å². The number of hydrogen-bond donors (Lipinski definition) is 0. The van der Waals surface area contributed by atoms with Crippen LogP contribution >= 0.6 is 0 Å². The normalized spacial score (nSPS) is 18.8. The Morgan fingerprint density at radius 3 is 2.18 bits per heavy atom. The molecule has 2 fully saturated rings. The molecule has 0 amide bonds. The van der Waals surface area contributed by atoms with Crippen molar-refractivity contribution in [2.75, 3.05) is 69.3 Å². The van der Waals surface area contributed by atoms with E-state index in [0.717, 1.165) is 56.3 Å². The largest absolute Gasteiger partial charge is 0.378 e. The van der Waals surface area contributed by atoms with Crippen LogP contribution in [0, 0.1) is 0 Å². The first-order chi connectivity index (χ1) is 13.8. The van der Waals surface area contributed by atoms with Crippen molar-refractivity contribution >= 4 is 22.9 Å². The van der Waals surface area contributed by atoms with Crippen molar-refractivity contribution in [1.82, 2.24) is 29.4 Å². The van der Waals surface area contributed by atoms with Gasteiger partial charge in [0, 0.05) is 39.3 Å². The second-order valence-corrected chi connectivity index (χ2v) is 7.23. The zero-order valence-corrected chi connectivity index (χ0v) is 16.0. The molecule has 5 rings (SSSR count). The molecule has 9 nitrogen and oxygen atoms in total. The Balaban J connectivity index is 1.58. The predicted octanol–water partition coefficient (Wildman–Crippen LogP) is 0.799. The molecule has 2 aromatic heterocycles. The monoisotopic (exact) mass is 380 g/mol. The summed E-state index contributed by atoms with van der Waals surface area (Å²) >= 11 is 0. The van der Waals surface area contributed by atoms with Crippen molar-refractivity contribution in [3.05, 3.63) is 30.6 Å². The van der Waals surface area contributed by atoms with Gasteiger partial charge < -0.3 is 19.4 Å². The van der Waals surface area contributed by atoms with Crippen molar-refractivity contribution < 1.29 is 4.74 Å². The number of rotatable bonds is 3. The van der Waals surface area contributed by atoms with Crippen LogP contribution in [0.5, 0.6) is 0 Å². The van der Waals surface area contributed by atoms with Gasteiger partial charge in [-0.2, -0.15) is 15.0 Å². The van der Waals surface area contributed by atoms with E-state index in [1.165, 1.54) is 0 Å². The maximum atomic E-state index is 5.50. The Morgan fingerprint density at radius 2 is 1.43 bits per heavy atom. The summed E-state index contributed by atoms with van der Waals surface area (Å²) in [6.45, 7) is 6.79. The van der Waals surface area contributed by atoms with Crippen molar-refractivity contribution in [3.63, 3.8) is 0 Å². The number of aromatic nitrogens is 5. The fourth-order valence-corrected chi connectivity index (χ4v) is 3.62. The van der Waals surface area contributed by atoms with Crippen molar-refractivity contribution in [1.29, 1.82) is 0 Å². The van der Waals surface area contributed by atoms with E-state index in [4.69, 9.17) is 19.7 Å². The molecule has 0 bridgehead atoms. The van der Waals surface area contributed by atoms with Crippen molar-refractivity contribution in [3.8, 4) is 5.95 Å². The number of ether oxygens (including phenoxy) is 1. The minimum Gasteiger partial charge on any atom is -0.378 e. The highest BCUT2D eigenvalue weighted by Gasteiger charge is 2.22. The first-order valence-corrected chi connectivity index (χ1v) is 9.73. The number of piperazine rings is 1. The average molecular weight is 380 g/mol. The lowest BCUT2D eigenvalue weighted by Gasteiger charge is -2.33. The summed E-state index contributed by atoms with van der Waals surface area (Å²) in [4.78, 5) is 25.7. The summed E-state index contributed by atoms with van der Waals surface area (Å²) < 4.78 is 7.44. The van der Waals surface area contributed by atoms with Gasteiger partial charge in [0.25, 0.3) is 0 Å². The first kappa shape index (κ1) is 17.3. The van der Waals surface area contributed by atoms with Crippen LogP contribution in [0.3, 0.4) is 0 Å². The van der Waals surface area contributed by atoms with Gasteiger partial charge in [-0.3, -0.25) is 4.57 Å². The fourth-order valence-electron chi connectivity index (χ4n) is 3.62. The topological polar surface area (TPSA) is 75.4 Å². The van der Waals surface area contributed by atoms with Crippen LogP contribution in [-0.4, -0.2) is 88.9 Å². The molecule has 3 aromatic rings. The molecule has 0 N–H and O–H groups in total. The number of para-hydroxylation sites is 2. The predicted molar refractivity (Wildman–Crippen MR) is 107 cm³/mol. The van der Waals surface area contributed by atoms with Crippen LogP contribution in [0.25, 0.3) is 17.0 Å². The molecular weight excluding hydrogens is 356 g/mol. The second-order valence-electron chi connectivity index (χ2n) is 7.23. The molecule has 1 aromatic carbocycles. The van der Waals surface area contributed by atoms with Crippen LogP contribution in [0.2, 0.25) is 0 Å². The van der Waals surface area contributed by atoms with Gasteiger partial charge in [0.1, 0.15) is 6.33 Å². The third-order valence-corrected chi connectivity index (χ3v) is 5.35. The molecule has 146 valence electrons. The van der Waals surface area contributed by atoms with E-state index < -0.39 is 0 Å². The zero-order valence-electron chi connectivity index (χ0n) is 16.0. The zero-order chi connectivity index (χ0) is 18.9. The quantitative estimate of drug-likeness (QED) is 0.661. The van der Waals surface area contributed by atoms with Gasteiger partial charge in [0.05, 0.1) is 24.2 Å². The molecule has 2 saturated heterocycles. The molecule has 0 spiro atoms. The number of likely N-dealkylation sites (N-methyl/N-ethyl adjacent to an activating group) is 1. The Labute approximate surface area is 163 Å². The first-order valence-electron chi connectivity index (χ1n) is 9.73. The van der Waals surface area contributed by atoms with Crippen LogP contribution in [0.1, 0.15) is 0 Å². The summed E-state index contributed by atoms with van der Waals surface area (Å²) in [7, 11) is 2.15. The van der Waals surface area contributed by atoms with E-state index >= 15 is 0 Å². The molecule has 4 heterocycles. The third kappa shape index (κ3) is 3.27. The number of imidazole rings is 1. The van der Waals surface area contributed by atoms with E-state index in [2.05, 4.69) is 26.7 Å². The number of hydrogen-bond acceptors (Lipinski definition) is 8. The van der Waals surface area contributed by atoms with Gasteiger partial charge in [-0.1, -0.05) is 12.1 Å². The lowest BCUT2D eigenvalue weighted by atomic mass is 10.3. The number of anilines is 2. The molecule has 28 heavy (non-hydrogen) atoms. The standard InChI is InChI=1S/C19H24N8O/c1-24-6-8-25(9-7-24)17-21-18(26-10-12-28-13-11-26)23-19(22-17)27-14-20-15-4-2-3-5-16(15)27/h2-5,14H,6-13H2,1H3. The Morgan fingerprint density at radius 1 is 0.786 bits per heavy atom. The van der Waals surface area contributed by atoms with Crippen molar-refractivity contribution in [2.24, 2.45) is 0 Å². The van der Waals surface area contributed by atoms with E-state index in [1.54, 1.807) is 6.33 Å². The molecule has 0 radical (unpaired) electrons. The number of fused-ring (bicyclic) bond motifs is 1. The average Bonchev–Trinajstić information content (AvgIpc) is 3.19. The van der Waals surface area contributed by atoms with Crippen molar-refractivity contribution in [2.45, 2.75) is 0 Å². The molecule has 0 aliphatic carbocycles. The van der Waals surface area contributed by atoms with Gasteiger partial charge >= 0.3 is 0 Å². The highest BCUT2D eigenvalue weighted by Crippen LogP contribution is 2.21. The van der Waals surface area contributed by atoms with Crippen LogP contribution in [-0.2, 0) is 4.74 Å². The molecule has 2 aliphatic rings. The second kappa shape index (κ2) is 7.33. The molecule has 0 unspecified atom stereocenters. The minimum atomic E-state index is 0.610. The molecule has 9 heteroatoms. The summed E-state index contributed by atoms with van der Waals surface area (Å²) in [5.41, 5.74) is 1.92. The summed E-state index contributed by atoms with van der Waals surface area (Å²) in [6, 6.07) is 8.03.